The molecule has 0 unspecified atom stereocenters. The fraction of sp³-hybridized carbons (Fsp3) is 0.0625. The molecule has 2 aromatic carbocycles. The van der Waals surface area contributed by atoms with Gasteiger partial charge in [0.25, 0.3) is 0 Å². The number of rotatable bonds is 3. The van der Waals surface area contributed by atoms with Gasteiger partial charge in [-0.25, -0.2) is 4.79 Å². The van der Waals surface area contributed by atoms with Crippen LogP contribution in [0.25, 0.3) is 22.0 Å². The first-order chi connectivity index (χ1) is 9.69. The molecule has 0 saturated carbocycles. The van der Waals surface area contributed by atoms with Crippen LogP contribution < -0.4 is 4.74 Å². The summed E-state index contributed by atoms with van der Waals surface area (Å²) in [6.45, 7) is 0. The third kappa shape index (κ3) is 2.01. The van der Waals surface area contributed by atoms with E-state index in [0.29, 0.717) is 0 Å². The summed E-state index contributed by atoms with van der Waals surface area (Å²) in [6, 6.07) is 15.2. The van der Waals surface area contributed by atoms with Crippen molar-refractivity contribution >= 4 is 16.9 Å². The van der Waals surface area contributed by atoms with Gasteiger partial charge in [-0.2, -0.15) is 0 Å². The summed E-state index contributed by atoms with van der Waals surface area (Å²) in [4.78, 5) is 13.8. The molecule has 0 bridgehead atoms. The van der Waals surface area contributed by atoms with Crippen molar-refractivity contribution in [1.82, 2.24) is 4.98 Å². The molecule has 0 aliphatic heterocycles. The lowest BCUT2D eigenvalue weighted by Crippen LogP contribution is -1.94. The minimum atomic E-state index is -0.958. The highest BCUT2D eigenvalue weighted by atomic mass is 16.5. The Morgan fingerprint density at radius 2 is 1.95 bits per heavy atom. The van der Waals surface area contributed by atoms with Gasteiger partial charge in [0.2, 0.25) is 0 Å². The molecule has 3 aromatic rings. The molecule has 1 heterocycles. The van der Waals surface area contributed by atoms with Crippen LogP contribution in [-0.2, 0) is 0 Å². The maximum absolute atomic E-state index is 11.0. The highest BCUT2D eigenvalue weighted by molar-refractivity contribution is 5.95. The number of carbonyl (C=O) groups is 1. The predicted octanol–water partition coefficient (Wildman–Crippen LogP) is 3.54. The Hall–Kier alpha value is -2.75. The van der Waals surface area contributed by atoms with Crippen molar-refractivity contribution < 1.29 is 14.6 Å². The molecule has 2 N–H and O–H groups in total. The number of methoxy groups -OCH3 is 1. The highest BCUT2D eigenvalue weighted by Crippen LogP contribution is 2.31. The van der Waals surface area contributed by atoms with E-state index < -0.39 is 5.97 Å². The van der Waals surface area contributed by atoms with Crippen molar-refractivity contribution in [2.24, 2.45) is 0 Å². The van der Waals surface area contributed by atoms with Crippen molar-refractivity contribution in [3.05, 3.63) is 54.2 Å². The molecule has 100 valence electrons. The van der Waals surface area contributed by atoms with Crippen LogP contribution in [0.15, 0.2) is 48.5 Å². The minimum absolute atomic E-state index is 0.192. The number of aromatic amines is 1. The van der Waals surface area contributed by atoms with Crippen LogP contribution in [0.3, 0.4) is 0 Å². The zero-order valence-corrected chi connectivity index (χ0v) is 10.9. The number of hydrogen-bond donors (Lipinski definition) is 2. The van der Waals surface area contributed by atoms with Crippen LogP contribution in [0.2, 0.25) is 0 Å². The zero-order valence-electron chi connectivity index (χ0n) is 10.9. The summed E-state index contributed by atoms with van der Waals surface area (Å²) in [7, 11) is 1.64. The SMILES string of the molecule is COc1ccccc1-c1ccc2[nH]c(C(=O)O)cc2c1. The Balaban J connectivity index is 2.15. The van der Waals surface area contributed by atoms with Crippen molar-refractivity contribution in [2.75, 3.05) is 7.11 Å². The van der Waals surface area contributed by atoms with E-state index in [4.69, 9.17) is 9.84 Å². The first-order valence-corrected chi connectivity index (χ1v) is 6.18. The molecule has 0 fully saturated rings. The first kappa shape index (κ1) is 12.3. The third-order valence-corrected chi connectivity index (χ3v) is 3.27. The zero-order chi connectivity index (χ0) is 14.1. The molecule has 20 heavy (non-hydrogen) atoms. The van der Waals surface area contributed by atoms with E-state index in [0.717, 1.165) is 27.8 Å². The molecule has 4 nitrogen and oxygen atoms in total. The fourth-order valence-corrected chi connectivity index (χ4v) is 2.30. The Morgan fingerprint density at radius 1 is 1.15 bits per heavy atom. The quantitative estimate of drug-likeness (QED) is 0.763. The minimum Gasteiger partial charge on any atom is -0.496 e. The molecule has 0 aliphatic rings. The average molecular weight is 267 g/mol. The summed E-state index contributed by atoms with van der Waals surface area (Å²) in [5.74, 6) is -0.166. The molecule has 3 rings (SSSR count). The number of nitrogens with one attached hydrogen (secondary N) is 1. The second-order valence-corrected chi connectivity index (χ2v) is 4.49. The smallest absolute Gasteiger partial charge is 0.352 e. The molecule has 0 saturated heterocycles. The molecular formula is C16H13NO3. The number of hydrogen-bond acceptors (Lipinski definition) is 2. The summed E-state index contributed by atoms with van der Waals surface area (Å²) < 4.78 is 5.35. The maximum Gasteiger partial charge on any atom is 0.352 e. The molecule has 0 atom stereocenters. The first-order valence-electron chi connectivity index (χ1n) is 6.18. The van der Waals surface area contributed by atoms with Crippen molar-refractivity contribution in [3.8, 4) is 16.9 Å². The number of para-hydroxylation sites is 1. The van der Waals surface area contributed by atoms with Gasteiger partial charge in [-0.1, -0.05) is 24.3 Å². The topological polar surface area (TPSA) is 62.3 Å². The van der Waals surface area contributed by atoms with Crippen molar-refractivity contribution in [1.29, 1.82) is 0 Å². The molecule has 4 heteroatoms. The normalized spacial score (nSPS) is 10.7. The average Bonchev–Trinajstić information content (AvgIpc) is 2.90. The fourth-order valence-electron chi connectivity index (χ4n) is 2.30. The Morgan fingerprint density at radius 3 is 2.70 bits per heavy atom. The number of ether oxygens (including phenoxy) is 1. The molecule has 0 amide bonds. The lowest BCUT2D eigenvalue weighted by atomic mass is 10.0. The second-order valence-electron chi connectivity index (χ2n) is 4.49. The number of carboxylic acid groups (broad SMARTS) is 1. The van der Waals surface area contributed by atoms with Gasteiger partial charge in [0.05, 0.1) is 7.11 Å². The van der Waals surface area contributed by atoms with E-state index in [1.165, 1.54) is 0 Å². The summed E-state index contributed by atoms with van der Waals surface area (Å²) in [5, 5.41) is 9.87. The van der Waals surface area contributed by atoms with Gasteiger partial charge >= 0.3 is 5.97 Å². The summed E-state index contributed by atoms with van der Waals surface area (Å²) in [5.41, 5.74) is 2.97. The van der Waals surface area contributed by atoms with E-state index in [9.17, 15) is 4.79 Å². The monoisotopic (exact) mass is 267 g/mol. The van der Waals surface area contributed by atoms with Crippen LogP contribution >= 0.6 is 0 Å². The standard InChI is InChI=1S/C16H13NO3/c1-20-15-5-3-2-4-12(15)10-6-7-13-11(8-10)9-14(17-13)16(18)19/h2-9,17H,1H3,(H,18,19). The van der Waals surface area contributed by atoms with Gasteiger partial charge in [-0.15, -0.1) is 0 Å². The van der Waals surface area contributed by atoms with Crippen molar-refractivity contribution in [3.63, 3.8) is 0 Å². The number of aromatic carboxylic acids is 1. The van der Waals surface area contributed by atoms with Gasteiger partial charge in [0.15, 0.2) is 0 Å². The Labute approximate surface area is 115 Å². The van der Waals surface area contributed by atoms with Crippen LogP contribution in [0.4, 0.5) is 0 Å². The molecule has 1 aromatic heterocycles. The highest BCUT2D eigenvalue weighted by Gasteiger charge is 2.10. The van der Waals surface area contributed by atoms with Gasteiger partial charge in [0.1, 0.15) is 11.4 Å². The van der Waals surface area contributed by atoms with Crippen LogP contribution in [0, 0.1) is 0 Å². The maximum atomic E-state index is 11.0. The lowest BCUT2D eigenvalue weighted by Gasteiger charge is -2.08. The number of carboxylic acids is 1. The molecule has 0 radical (unpaired) electrons. The van der Waals surface area contributed by atoms with Gasteiger partial charge in [-0.05, 0) is 29.8 Å². The third-order valence-electron chi connectivity index (χ3n) is 3.27. The summed E-state index contributed by atoms with van der Waals surface area (Å²) in [6.07, 6.45) is 0. The number of benzene rings is 2. The molecular weight excluding hydrogens is 254 g/mol. The van der Waals surface area contributed by atoms with Crippen LogP contribution in [0.5, 0.6) is 5.75 Å². The second kappa shape index (κ2) is 4.74. The van der Waals surface area contributed by atoms with Crippen LogP contribution in [0.1, 0.15) is 10.5 Å². The number of aromatic nitrogens is 1. The van der Waals surface area contributed by atoms with Gasteiger partial charge in [-0.3, -0.25) is 0 Å². The number of fused-ring (bicyclic) bond motifs is 1. The van der Waals surface area contributed by atoms with Crippen molar-refractivity contribution in [2.45, 2.75) is 0 Å². The van der Waals surface area contributed by atoms with Crippen LogP contribution in [-0.4, -0.2) is 23.2 Å². The van der Waals surface area contributed by atoms with E-state index in [-0.39, 0.29) is 5.69 Å². The largest absolute Gasteiger partial charge is 0.496 e. The summed E-state index contributed by atoms with van der Waals surface area (Å²) >= 11 is 0. The Bertz CT molecular complexity index is 789. The predicted molar refractivity (Wildman–Crippen MR) is 77.2 cm³/mol. The van der Waals surface area contributed by atoms with E-state index >= 15 is 0 Å². The van der Waals surface area contributed by atoms with Gasteiger partial charge in [0, 0.05) is 16.5 Å². The van der Waals surface area contributed by atoms with E-state index in [1.54, 1.807) is 13.2 Å². The van der Waals surface area contributed by atoms with E-state index in [1.807, 2.05) is 42.5 Å². The van der Waals surface area contributed by atoms with E-state index in [2.05, 4.69) is 4.98 Å². The molecule has 0 spiro atoms. The van der Waals surface area contributed by atoms with Gasteiger partial charge < -0.3 is 14.8 Å². The Kier molecular flexibility index (Phi) is 2.91. The molecule has 0 aliphatic carbocycles. The lowest BCUT2D eigenvalue weighted by molar-refractivity contribution is 0.0691. The number of H-pyrrole nitrogens is 1.